The van der Waals surface area contributed by atoms with Crippen LogP contribution in [0.3, 0.4) is 0 Å². The molecule has 0 saturated heterocycles. The standard InChI is InChI=1S/C69H122N8O9/c1-6-9-12-15-18-21-24-27-30-35-46-75(47-36-31-28-25-22-19-16-13-10-7-2)50-40-51-76(48-37-32-29-26-23-20-17-14-11-8-3)49-38-33-34-41-62(80)70-44-39-45-71-63(81)42-43-64(82)86-55-61(79)66(83)60(78)54-77-59-53-57(5)56(4)52-58(59)72-65-67(77)73-69(85)74-68(65)84/h52-53,60-61,66,78-79,83H,6-51,54-55H2,1-5H3,(H,70,80)(H,71,81)(H,74,84,85). The van der Waals surface area contributed by atoms with Gasteiger partial charge in [0.25, 0.3) is 5.56 Å². The van der Waals surface area contributed by atoms with Crippen molar-refractivity contribution < 1.29 is 34.4 Å². The van der Waals surface area contributed by atoms with Crippen LogP contribution < -0.4 is 21.9 Å². The number of amides is 2. The van der Waals surface area contributed by atoms with Gasteiger partial charge in [-0.05, 0) is 121 Å². The number of nitrogens with zero attached hydrogens (tertiary/aromatic N) is 5. The molecule has 86 heavy (non-hydrogen) atoms. The number of benzene rings is 1. The summed E-state index contributed by atoms with van der Waals surface area (Å²) in [5, 5.41) is 38.3. The van der Waals surface area contributed by atoms with Crippen LogP contribution in [0.5, 0.6) is 0 Å². The molecule has 2 heterocycles. The van der Waals surface area contributed by atoms with Crippen molar-refractivity contribution in [3.05, 3.63) is 44.1 Å². The highest BCUT2D eigenvalue weighted by atomic mass is 16.5. The highest BCUT2D eigenvalue weighted by molar-refractivity contribution is 5.82. The number of aromatic nitrogens is 4. The Morgan fingerprint density at radius 1 is 0.512 bits per heavy atom. The first-order valence-corrected chi connectivity index (χ1v) is 34.9. The Morgan fingerprint density at radius 3 is 1.38 bits per heavy atom. The van der Waals surface area contributed by atoms with Gasteiger partial charge in [-0.3, -0.25) is 24.2 Å². The Bertz CT molecular complexity index is 2300. The van der Waals surface area contributed by atoms with Crippen LogP contribution >= 0.6 is 0 Å². The third kappa shape index (κ3) is 34.5. The summed E-state index contributed by atoms with van der Waals surface area (Å²) in [7, 11) is 0. The molecule has 3 rings (SSSR count). The topological polar surface area (TPSA) is 232 Å². The SMILES string of the molecule is CCCCCCCCCCCCN(CCCCCCCCCCCC)CCCN(CCCCCCCCCCCC)CCCCCC(=O)NCCCNC(=O)CCC(=O)OCC(O)C(O)C(O)Cn1c2nc(=O)[nH]c(=O)c-2nc2cc(C)c(C)cc21. The van der Waals surface area contributed by atoms with Crippen LogP contribution in [-0.2, 0) is 25.7 Å². The normalized spacial score (nSPS) is 12.9. The van der Waals surface area contributed by atoms with Gasteiger partial charge < -0.3 is 45.1 Å². The van der Waals surface area contributed by atoms with Gasteiger partial charge >= 0.3 is 11.7 Å². The van der Waals surface area contributed by atoms with Gasteiger partial charge in [-0.15, -0.1) is 0 Å². The lowest BCUT2D eigenvalue weighted by Gasteiger charge is -2.26. The zero-order valence-electron chi connectivity index (χ0n) is 54.9. The summed E-state index contributed by atoms with van der Waals surface area (Å²) in [4.78, 5) is 78.5. The third-order valence-electron chi connectivity index (χ3n) is 17.2. The average Bonchev–Trinajstić information content (AvgIpc) is 1.04. The first kappa shape index (κ1) is 76.0. The molecule has 6 N–H and O–H groups in total. The Morgan fingerprint density at radius 2 is 0.919 bits per heavy atom. The minimum Gasteiger partial charge on any atom is -0.463 e. The van der Waals surface area contributed by atoms with E-state index < -0.39 is 42.1 Å². The van der Waals surface area contributed by atoms with E-state index in [2.05, 4.69) is 56.2 Å². The minimum absolute atomic E-state index is 0.0146. The van der Waals surface area contributed by atoms with Gasteiger partial charge in [0.1, 0.15) is 24.9 Å². The highest BCUT2D eigenvalue weighted by Gasteiger charge is 2.29. The lowest BCUT2D eigenvalue weighted by atomic mass is 10.1. The molecule has 1 aromatic carbocycles. The van der Waals surface area contributed by atoms with Gasteiger partial charge in [0.15, 0.2) is 11.5 Å². The molecule has 0 saturated carbocycles. The summed E-state index contributed by atoms with van der Waals surface area (Å²) in [6.45, 7) is 17.4. The van der Waals surface area contributed by atoms with Crippen molar-refractivity contribution in [2.24, 2.45) is 0 Å². The quantitative estimate of drug-likeness (QED) is 0.0176. The highest BCUT2D eigenvalue weighted by Crippen LogP contribution is 2.25. The van der Waals surface area contributed by atoms with Gasteiger partial charge in [0, 0.05) is 25.9 Å². The van der Waals surface area contributed by atoms with Crippen LogP contribution in [0, 0.1) is 13.8 Å². The van der Waals surface area contributed by atoms with Crippen LogP contribution in [0.2, 0.25) is 0 Å². The number of hydrogen-bond donors (Lipinski definition) is 6. The van der Waals surface area contributed by atoms with Crippen LogP contribution in [0.25, 0.3) is 22.6 Å². The molecule has 3 unspecified atom stereocenters. The Balaban J connectivity index is 1.35. The molecule has 2 aliphatic rings. The molecule has 0 bridgehead atoms. The number of ether oxygens (including phenoxy) is 1. The number of aliphatic hydroxyl groups excluding tert-OH is 3. The third-order valence-corrected chi connectivity index (χ3v) is 17.2. The summed E-state index contributed by atoms with van der Waals surface area (Å²) < 4.78 is 6.51. The number of rotatable bonds is 56. The summed E-state index contributed by atoms with van der Waals surface area (Å²) in [6, 6.07) is 3.51. The number of aliphatic hydroxyl groups is 3. The molecule has 17 heteroatoms. The molecule has 17 nitrogen and oxygen atoms in total. The molecular formula is C69H122N8O9. The van der Waals surface area contributed by atoms with Gasteiger partial charge in [-0.2, -0.15) is 4.98 Å². The number of aryl methyl sites for hydroxylation is 2. The number of carbonyl (C=O) groups is 3. The fourth-order valence-corrected chi connectivity index (χ4v) is 11.5. The largest absolute Gasteiger partial charge is 0.463 e. The van der Waals surface area contributed by atoms with Crippen LogP contribution in [0.4, 0.5) is 0 Å². The van der Waals surface area contributed by atoms with Crippen molar-refractivity contribution in [3.63, 3.8) is 0 Å². The molecule has 0 aromatic heterocycles. The maximum atomic E-state index is 12.8. The molecule has 0 spiro atoms. The predicted octanol–water partition coefficient (Wildman–Crippen LogP) is 12.5. The monoisotopic (exact) mass is 1210 g/mol. The van der Waals surface area contributed by atoms with E-state index in [1.807, 2.05) is 13.8 Å². The van der Waals surface area contributed by atoms with E-state index in [1.165, 1.54) is 223 Å². The van der Waals surface area contributed by atoms with Gasteiger partial charge in [-0.25, -0.2) is 9.78 Å². The number of fused-ring (bicyclic) bond motifs is 2. The van der Waals surface area contributed by atoms with Crippen molar-refractivity contribution >= 4 is 28.8 Å². The van der Waals surface area contributed by atoms with E-state index >= 15 is 0 Å². The molecule has 492 valence electrons. The van der Waals surface area contributed by atoms with Crippen LogP contribution in [0.15, 0.2) is 21.7 Å². The van der Waals surface area contributed by atoms with E-state index in [1.54, 1.807) is 12.1 Å². The van der Waals surface area contributed by atoms with E-state index in [9.17, 15) is 39.3 Å². The second-order valence-corrected chi connectivity index (χ2v) is 24.9. The van der Waals surface area contributed by atoms with Gasteiger partial charge in [-0.1, -0.05) is 201 Å². The van der Waals surface area contributed by atoms with Gasteiger partial charge in [0.2, 0.25) is 11.8 Å². The van der Waals surface area contributed by atoms with Crippen LogP contribution in [-0.4, -0.2) is 140 Å². The second kappa shape index (κ2) is 48.6. The Hall–Kier alpha value is -4.29. The molecule has 0 aliphatic carbocycles. The van der Waals surface area contributed by atoms with E-state index in [0.29, 0.717) is 37.0 Å². The minimum atomic E-state index is -1.80. The number of esters is 1. The zero-order chi connectivity index (χ0) is 62.4. The van der Waals surface area contributed by atoms with Crippen LogP contribution in [0.1, 0.15) is 276 Å². The first-order chi connectivity index (χ1) is 41.8. The maximum absolute atomic E-state index is 12.8. The Labute approximate surface area is 519 Å². The molecule has 0 fully saturated rings. The average molecular weight is 1210 g/mol. The molecule has 3 atom stereocenters. The van der Waals surface area contributed by atoms with E-state index in [0.717, 1.165) is 50.0 Å². The van der Waals surface area contributed by atoms with Crippen molar-refractivity contribution in [1.29, 1.82) is 0 Å². The molecule has 2 aliphatic heterocycles. The maximum Gasteiger partial charge on any atom is 0.349 e. The zero-order valence-corrected chi connectivity index (χ0v) is 54.9. The number of aromatic amines is 1. The Kier molecular flexibility index (Phi) is 42.9. The molecule has 2 amide bonds. The lowest BCUT2D eigenvalue weighted by Crippen LogP contribution is -2.43. The van der Waals surface area contributed by atoms with Crippen molar-refractivity contribution in [1.82, 2.24) is 40.0 Å². The number of hydrogen-bond acceptors (Lipinski definition) is 13. The van der Waals surface area contributed by atoms with Crippen molar-refractivity contribution in [2.75, 3.05) is 59.0 Å². The van der Waals surface area contributed by atoms with Crippen molar-refractivity contribution in [2.45, 2.75) is 303 Å². The van der Waals surface area contributed by atoms with E-state index in [4.69, 9.17) is 4.74 Å². The predicted molar refractivity (Wildman–Crippen MR) is 351 cm³/mol. The number of H-pyrrole nitrogens is 1. The molecule has 1 aromatic rings. The fourth-order valence-electron chi connectivity index (χ4n) is 11.5. The lowest BCUT2D eigenvalue weighted by molar-refractivity contribution is -0.152. The molecular weight excluding hydrogens is 1080 g/mol. The smallest absolute Gasteiger partial charge is 0.349 e. The van der Waals surface area contributed by atoms with Gasteiger partial charge in [0.05, 0.1) is 24.0 Å². The summed E-state index contributed by atoms with van der Waals surface area (Å²) in [5.41, 5.74) is 0.782. The molecule has 0 radical (unpaired) electrons. The second-order valence-electron chi connectivity index (χ2n) is 24.9. The van der Waals surface area contributed by atoms with E-state index in [-0.39, 0.29) is 42.7 Å². The number of unbranched alkanes of at least 4 members (excludes halogenated alkanes) is 29. The summed E-state index contributed by atoms with van der Waals surface area (Å²) >= 11 is 0. The number of nitrogens with one attached hydrogen (secondary N) is 3. The fraction of sp³-hybridized carbons (Fsp3) is 0.812. The summed E-state index contributed by atoms with van der Waals surface area (Å²) in [5.74, 6) is -1.24. The van der Waals surface area contributed by atoms with Crippen molar-refractivity contribution in [3.8, 4) is 11.5 Å². The number of carbonyl (C=O) groups excluding carboxylic acids is 3. The summed E-state index contributed by atoms with van der Waals surface area (Å²) in [6.07, 6.45) is 40.6. The first-order valence-electron chi connectivity index (χ1n) is 34.9.